The third-order valence-electron chi connectivity index (χ3n) is 2.41. The van der Waals surface area contributed by atoms with Gasteiger partial charge in [0.1, 0.15) is 5.02 Å². The molecular formula is C12H17ClN2O3S. The van der Waals surface area contributed by atoms with Crippen LogP contribution in [0.3, 0.4) is 0 Å². The fraction of sp³-hybridized carbons (Fsp3) is 0.500. The van der Waals surface area contributed by atoms with E-state index in [1.54, 1.807) is 23.9 Å². The van der Waals surface area contributed by atoms with Crippen LogP contribution in [0.15, 0.2) is 18.2 Å². The molecule has 0 spiro atoms. The van der Waals surface area contributed by atoms with E-state index in [2.05, 4.69) is 5.32 Å². The molecule has 0 bridgehead atoms. The van der Waals surface area contributed by atoms with E-state index in [4.69, 9.17) is 16.7 Å². The van der Waals surface area contributed by atoms with Gasteiger partial charge in [0.15, 0.2) is 0 Å². The summed E-state index contributed by atoms with van der Waals surface area (Å²) < 4.78 is 0. The highest BCUT2D eigenvalue weighted by Gasteiger charge is 2.12. The van der Waals surface area contributed by atoms with Crippen molar-refractivity contribution >= 4 is 29.1 Å². The molecule has 0 radical (unpaired) electrons. The van der Waals surface area contributed by atoms with Crippen LogP contribution in [0.2, 0.25) is 5.02 Å². The molecule has 0 saturated carbocycles. The predicted molar refractivity (Wildman–Crippen MR) is 78.8 cm³/mol. The van der Waals surface area contributed by atoms with Crippen molar-refractivity contribution in [3.8, 4) is 0 Å². The van der Waals surface area contributed by atoms with Crippen LogP contribution in [-0.4, -0.2) is 34.7 Å². The van der Waals surface area contributed by atoms with Crippen molar-refractivity contribution in [1.82, 2.24) is 5.32 Å². The maximum atomic E-state index is 10.7. The molecule has 5 nitrogen and oxygen atoms in total. The summed E-state index contributed by atoms with van der Waals surface area (Å²) in [5, 5.41) is 22.7. The molecule has 1 aromatic carbocycles. The largest absolute Gasteiger partial charge is 0.396 e. The second-order valence-electron chi connectivity index (χ2n) is 3.91. The summed E-state index contributed by atoms with van der Waals surface area (Å²) in [6.45, 7) is 1.64. The van der Waals surface area contributed by atoms with Crippen molar-refractivity contribution in [3.63, 3.8) is 0 Å². The van der Waals surface area contributed by atoms with Gasteiger partial charge in [0.25, 0.3) is 5.69 Å². The number of hydrogen-bond donors (Lipinski definition) is 2. The number of nitrogens with one attached hydrogen (secondary N) is 1. The zero-order valence-electron chi connectivity index (χ0n) is 10.5. The van der Waals surface area contributed by atoms with E-state index in [9.17, 15) is 10.1 Å². The summed E-state index contributed by atoms with van der Waals surface area (Å²) in [5.41, 5.74) is 0.787. The van der Waals surface area contributed by atoms with Gasteiger partial charge in [0.2, 0.25) is 0 Å². The lowest BCUT2D eigenvalue weighted by Gasteiger charge is -2.05. The standard InChI is InChI=1S/C12H17ClN2O3S/c13-11-3-2-10(8-12(11)15(17)18)9-14-4-7-19-6-1-5-16/h2-3,8,14,16H,1,4-7,9H2. The van der Waals surface area contributed by atoms with E-state index in [1.165, 1.54) is 6.07 Å². The monoisotopic (exact) mass is 304 g/mol. The normalized spacial score (nSPS) is 10.6. The summed E-state index contributed by atoms with van der Waals surface area (Å²) in [6, 6.07) is 4.82. The first-order valence-corrected chi connectivity index (χ1v) is 7.50. The molecule has 106 valence electrons. The Hall–Kier alpha value is -0.820. The minimum Gasteiger partial charge on any atom is -0.396 e. The molecule has 0 unspecified atom stereocenters. The highest BCUT2D eigenvalue weighted by Crippen LogP contribution is 2.24. The second-order valence-corrected chi connectivity index (χ2v) is 5.54. The molecule has 0 fully saturated rings. The van der Waals surface area contributed by atoms with Crippen molar-refractivity contribution in [2.45, 2.75) is 13.0 Å². The Morgan fingerprint density at radius 1 is 1.42 bits per heavy atom. The molecule has 19 heavy (non-hydrogen) atoms. The average Bonchev–Trinajstić information content (AvgIpc) is 2.39. The van der Waals surface area contributed by atoms with Crippen molar-refractivity contribution in [2.24, 2.45) is 0 Å². The molecule has 0 atom stereocenters. The van der Waals surface area contributed by atoms with Crippen LogP contribution >= 0.6 is 23.4 Å². The Morgan fingerprint density at radius 3 is 2.89 bits per heavy atom. The molecule has 0 aromatic heterocycles. The Labute approximate surface area is 121 Å². The van der Waals surface area contributed by atoms with Crippen molar-refractivity contribution in [1.29, 1.82) is 0 Å². The van der Waals surface area contributed by atoms with E-state index < -0.39 is 4.92 Å². The van der Waals surface area contributed by atoms with Crippen LogP contribution in [0.1, 0.15) is 12.0 Å². The van der Waals surface area contributed by atoms with Gasteiger partial charge in [-0.1, -0.05) is 17.7 Å². The maximum Gasteiger partial charge on any atom is 0.288 e. The predicted octanol–water partition coefficient (Wildman–Crippen LogP) is 2.45. The van der Waals surface area contributed by atoms with Crippen LogP contribution in [0.4, 0.5) is 5.69 Å². The van der Waals surface area contributed by atoms with Crippen LogP contribution in [0.25, 0.3) is 0 Å². The van der Waals surface area contributed by atoms with Crippen molar-refractivity contribution < 1.29 is 10.0 Å². The fourth-order valence-electron chi connectivity index (χ4n) is 1.45. The van der Waals surface area contributed by atoms with Gasteiger partial charge in [0, 0.05) is 31.5 Å². The fourth-order valence-corrected chi connectivity index (χ4v) is 2.47. The Kier molecular flexibility index (Phi) is 7.81. The number of hydrogen-bond acceptors (Lipinski definition) is 5. The van der Waals surface area contributed by atoms with E-state index in [0.717, 1.165) is 30.0 Å². The van der Waals surface area contributed by atoms with Gasteiger partial charge in [-0.15, -0.1) is 0 Å². The Balaban J connectivity index is 2.30. The SMILES string of the molecule is O=[N+]([O-])c1cc(CNCCSCCCO)ccc1Cl. The lowest BCUT2D eigenvalue weighted by molar-refractivity contribution is -0.384. The van der Waals surface area contributed by atoms with E-state index in [0.29, 0.717) is 6.54 Å². The lowest BCUT2D eigenvalue weighted by Crippen LogP contribution is -2.16. The number of benzene rings is 1. The second kappa shape index (κ2) is 9.14. The molecule has 0 heterocycles. The van der Waals surface area contributed by atoms with Crippen LogP contribution in [0.5, 0.6) is 0 Å². The summed E-state index contributed by atoms with van der Waals surface area (Å²) in [4.78, 5) is 10.3. The van der Waals surface area contributed by atoms with E-state index in [-0.39, 0.29) is 17.3 Å². The van der Waals surface area contributed by atoms with Crippen LogP contribution < -0.4 is 5.32 Å². The highest BCUT2D eigenvalue weighted by molar-refractivity contribution is 7.99. The average molecular weight is 305 g/mol. The third kappa shape index (κ3) is 6.24. The lowest BCUT2D eigenvalue weighted by atomic mass is 10.2. The summed E-state index contributed by atoms with van der Waals surface area (Å²) in [5.74, 6) is 1.90. The van der Waals surface area contributed by atoms with Gasteiger partial charge < -0.3 is 10.4 Å². The van der Waals surface area contributed by atoms with E-state index in [1.807, 2.05) is 0 Å². The van der Waals surface area contributed by atoms with Gasteiger partial charge in [-0.2, -0.15) is 11.8 Å². The zero-order valence-corrected chi connectivity index (χ0v) is 12.0. The number of aliphatic hydroxyl groups is 1. The van der Waals surface area contributed by atoms with E-state index >= 15 is 0 Å². The first-order valence-electron chi connectivity index (χ1n) is 5.97. The van der Waals surface area contributed by atoms with Gasteiger partial charge in [0.05, 0.1) is 4.92 Å². The number of rotatable bonds is 9. The van der Waals surface area contributed by atoms with Crippen LogP contribution in [0, 0.1) is 10.1 Å². The summed E-state index contributed by atoms with van der Waals surface area (Å²) in [7, 11) is 0. The number of nitro benzene ring substituents is 1. The number of thioether (sulfide) groups is 1. The first-order chi connectivity index (χ1) is 9.15. The van der Waals surface area contributed by atoms with Crippen LogP contribution in [-0.2, 0) is 6.54 Å². The summed E-state index contributed by atoms with van der Waals surface area (Å²) >= 11 is 7.51. The molecule has 1 aromatic rings. The molecule has 0 aliphatic carbocycles. The maximum absolute atomic E-state index is 10.7. The Bertz CT molecular complexity index is 418. The topological polar surface area (TPSA) is 75.4 Å². The molecule has 7 heteroatoms. The van der Waals surface area contributed by atoms with Crippen molar-refractivity contribution in [3.05, 3.63) is 38.9 Å². The third-order valence-corrected chi connectivity index (χ3v) is 3.80. The molecule has 0 aliphatic heterocycles. The molecule has 0 aliphatic rings. The highest BCUT2D eigenvalue weighted by atomic mass is 35.5. The minimum atomic E-state index is -0.476. The first kappa shape index (κ1) is 16.2. The summed E-state index contributed by atoms with van der Waals surface area (Å²) in [6.07, 6.45) is 0.814. The smallest absolute Gasteiger partial charge is 0.288 e. The van der Waals surface area contributed by atoms with Gasteiger partial charge >= 0.3 is 0 Å². The van der Waals surface area contributed by atoms with Gasteiger partial charge in [-0.25, -0.2) is 0 Å². The quantitative estimate of drug-likeness (QED) is 0.416. The number of aliphatic hydroxyl groups excluding tert-OH is 1. The molecular weight excluding hydrogens is 288 g/mol. The van der Waals surface area contributed by atoms with Gasteiger partial charge in [-0.3, -0.25) is 10.1 Å². The molecule has 0 amide bonds. The molecule has 0 saturated heterocycles. The number of halogens is 1. The number of nitrogens with zero attached hydrogens (tertiary/aromatic N) is 1. The Morgan fingerprint density at radius 2 is 2.21 bits per heavy atom. The van der Waals surface area contributed by atoms with Crippen molar-refractivity contribution in [2.75, 3.05) is 24.7 Å². The minimum absolute atomic E-state index is 0.0571. The molecule has 1 rings (SSSR count). The molecule has 2 N–H and O–H groups in total. The number of nitro groups is 1. The van der Waals surface area contributed by atoms with Gasteiger partial charge in [-0.05, 0) is 23.8 Å². The zero-order chi connectivity index (χ0) is 14.1.